The molecule has 0 spiro atoms. The van der Waals surface area contributed by atoms with Crippen molar-refractivity contribution in [2.24, 2.45) is 0 Å². The van der Waals surface area contributed by atoms with Crippen LogP contribution in [0, 0.1) is 6.92 Å². The summed E-state index contributed by atoms with van der Waals surface area (Å²) < 4.78 is 50.1. The van der Waals surface area contributed by atoms with Gasteiger partial charge in [-0.15, -0.1) is 0 Å². The standard InChI is InChI=1S/C23H24F3NO4/c1-15-9-17(23(24,25)26)7-8-20(15)22(29)10-18-13-30-14-19(11-22)27(18)21(28)31-12-16-5-3-2-4-6-16/h2-9,18-19,29H,10-14H2,1H3. The topological polar surface area (TPSA) is 59.0 Å². The fraction of sp³-hybridized carbons (Fsp3) is 0.435. The Hall–Kier alpha value is -2.58. The number of nitrogens with zero attached hydrogens (tertiary/aromatic N) is 1. The highest BCUT2D eigenvalue weighted by molar-refractivity contribution is 5.69. The van der Waals surface area contributed by atoms with Crippen LogP contribution in [-0.4, -0.2) is 41.4 Å². The van der Waals surface area contributed by atoms with Gasteiger partial charge in [0.2, 0.25) is 0 Å². The minimum Gasteiger partial charge on any atom is -0.445 e. The summed E-state index contributed by atoms with van der Waals surface area (Å²) in [7, 11) is 0. The van der Waals surface area contributed by atoms with Crippen molar-refractivity contribution in [2.45, 2.75) is 50.2 Å². The van der Waals surface area contributed by atoms with Crippen LogP contribution in [0.15, 0.2) is 48.5 Å². The molecule has 0 saturated carbocycles. The zero-order chi connectivity index (χ0) is 22.2. The second-order valence-electron chi connectivity index (χ2n) is 8.26. The molecule has 2 aliphatic rings. The number of amides is 1. The van der Waals surface area contributed by atoms with Crippen LogP contribution in [-0.2, 0) is 27.9 Å². The molecule has 2 fully saturated rings. The van der Waals surface area contributed by atoms with Gasteiger partial charge in [0.1, 0.15) is 6.61 Å². The zero-order valence-electron chi connectivity index (χ0n) is 17.1. The number of hydrogen-bond donors (Lipinski definition) is 1. The number of ether oxygens (including phenoxy) is 2. The fourth-order valence-electron chi connectivity index (χ4n) is 4.65. The third-order valence-electron chi connectivity index (χ3n) is 6.02. The van der Waals surface area contributed by atoms with E-state index >= 15 is 0 Å². The molecule has 2 bridgehead atoms. The molecule has 2 unspecified atom stereocenters. The van der Waals surface area contributed by atoms with Crippen molar-refractivity contribution >= 4 is 6.09 Å². The van der Waals surface area contributed by atoms with E-state index in [0.29, 0.717) is 11.1 Å². The summed E-state index contributed by atoms with van der Waals surface area (Å²) in [5.74, 6) is 0. The zero-order valence-corrected chi connectivity index (χ0v) is 17.1. The van der Waals surface area contributed by atoms with Crippen LogP contribution in [0.3, 0.4) is 0 Å². The van der Waals surface area contributed by atoms with E-state index in [2.05, 4.69) is 0 Å². The Morgan fingerprint density at radius 3 is 2.39 bits per heavy atom. The number of halogens is 3. The van der Waals surface area contributed by atoms with E-state index in [1.54, 1.807) is 11.8 Å². The number of alkyl halides is 3. The quantitative estimate of drug-likeness (QED) is 0.777. The highest BCUT2D eigenvalue weighted by atomic mass is 19.4. The molecule has 0 radical (unpaired) electrons. The molecule has 0 aromatic heterocycles. The Morgan fingerprint density at radius 1 is 1.16 bits per heavy atom. The molecule has 0 aliphatic carbocycles. The highest BCUT2D eigenvalue weighted by Gasteiger charge is 2.50. The number of hydrogen-bond acceptors (Lipinski definition) is 4. The molecule has 2 aromatic rings. The molecule has 2 aromatic carbocycles. The molecule has 2 saturated heterocycles. The van der Waals surface area contributed by atoms with Crippen LogP contribution in [0.1, 0.15) is 35.1 Å². The summed E-state index contributed by atoms with van der Waals surface area (Å²) in [5.41, 5.74) is -0.399. The maximum absolute atomic E-state index is 13.0. The Kier molecular flexibility index (Phi) is 5.70. The number of aliphatic hydroxyl groups is 1. The predicted octanol–water partition coefficient (Wildman–Crippen LogP) is 4.40. The van der Waals surface area contributed by atoms with Crippen molar-refractivity contribution in [3.63, 3.8) is 0 Å². The number of morpholine rings is 1. The molecular formula is C23H24F3NO4. The minimum atomic E-state index is -4.44. The van der Waals surface area contributed by atoms with Gasteiger partial charge in [-0.3, -0.25) is 4.90 Å². The van der Waals surface area contributed by atoms with Crippen LogP contribution in [0.4, 0.5) is 18.0 Å². The number of rotatable bonds is 3. The Morgan fingerprint density at radius 2 is 1.81 bits per heavy atom. The predicted molar refractivity (Wildman–Crippen MR) is 106 cm³/mol. The molecule has 8 heteroatoms. The van der Waals surface area contributed by atoms with Crippen molar-refractivity contribution in [3.05, 3.63) is 70.8 Å². The van der Waals surface area contributed by atoms with Gasteiger partial charge in [0.05, 0.1) is 36.5 Å². The number of carbonyl (C=O) groups excluding carboxylic acids is 1. The van der Waals surface area contributed by atoms with Gasteiger partial charge in [-0.25, -0.2) is 4.79 Å². The van der Waals surface area contributed by atoms with Crippen LogP contribution in [0.2, 0.25) is 0 Å². The Labute approximate surface area is 178 Å². The molecule has 1 N–H and O–H groups in total. The summed E-state index contributed by atoms with van der Waals surface area (Å²) in [6.07, 6.45) is -4.60. The molecule has 1 amide bonds. The van der Waals surface area contributed by atoms with E-state index in [-0.39, 0.29) is 32.7 Å². The first-order valence-electron chi connectivity index (χ1n) is 10.1. The van der Waals surface area contributed by atoms with Crippen LogP contribution in [0.5, 0.6) is 0 Å². The van der Waals surface area contributed by atoms with Crippen molar-refractivity contribution in [1.82, 2.24) is 4.90 Å². The maximum atomic E-state index is 13.0. The normalized spacial score (nSPS) is 25.9. The average molecular weight is 435 g/mol. The second-order valence-corrected chi connectivity index (χ2v) is 8.26. The lowest BCUT2D eigenvalue weighted by Gasteiger charge is -2.51. The van der Waals surface area contributed by atoms with Crippen molar-refractivity contribution in [2.75, 3.05) is 13.2 Å². The number of carbonyl (C=O) groups is 1. The lowest BCUT2D eigenvalue weighted by Crippen LogP contribution is -2.62. The molecule has 2 atom stereocenters. The largest absolute Gasteiger partial charge is 0.445 e. The van der Waals surface area contributed by atoms with E-state index in [4.69, 9.17) is 9.47 Å². The van der Waals surface area contributed by atoms with Gasteiger partial charge in [-0.05, 0) is 35.7 Å². The van der Waals surface area contributed by atoms with Crippen LogP contribution in [0.25, 0.3) is 0 Å². The number of fused-ring (bicyclic) bond motifs is 2. The summed E-state index contributed by atoms with van der Waals surface area (Å²) in [4.78, 5) is 14.4. The monoisotopic (exact) mass is 435 g/mol. The summed E-state index contributed by atoms with van der Waals surface area (Å²) in [6.45, 7) is 2.17. The smallest absolute Gasteiger partial charge is 0.416 e. The van der Waals surface area contributed by atoms with E-state index in [9.17, 15) is 23.1 Å². The van der Waals surface area contributed by atoms with Gasteiger partial charge in [-0.2, -0.15) is 13.2 Å². The van der Waals surface area contributed by atoms with E-state index in [0.717, 1.165) is 17.7 Å². The van der Waals surface area contributed by atoms with E-state index < -0.39 is 35.5 Å². The van der Waals surface area contributed by atoms with Gasteiger partial charge < -0.3 is 14.6 Å². The second kappa shape index (κ2) is 8.16. The van der Waals surface area contributed by atoms with Crippen LogP contribution >= 0.6 is 0 Å². The van der Waals surface area contributed by atoms with E-state index in [1.165, 1.54) is 6.07 Å². The third kappa shape index (κ3) is 4.41. The average Bonchev–Trinajstić information content (AvgIpc) is 2.71. The van der Waals surface area contributed by atoms with Crippen LogP contribution < -0.4 is 0 Å². The molecule has 2 aliphatic heterocycles. The first kappa shape index (κ1) is 21.6. The molecular weight excluding hydrogens is 411 g/mol. The van der Waals surface area contributed by atoms with E-state index in [1.807, 2.05) is 30.3 Å². The molecule has 166 valence electrons. The maximum Gasteiger partial charge on any atom is 0.416 e. The van der Waals surface area contributed by atoms with Crippen molar-refractivity contribution < 1.29 is 32.5 Å². The SMILES string of the molecule is Cc1cc(C(F)(F)F)ccc1C1(O)CC2COCC(C1)N2C(=O)OCc1ccccc1. The lowest BCUT2D eigenvalue weighted by molar-refractivity contribution is -0.139. The van der Waals surface area contributed by atoms with Gasteiger partial charge in [0, 0.05) is 12.8 Å². The number of aryl methyl sites for hydroxylation is 1. The highest BCUT2D eigenvalue weighted by Crippen LogP contribution is 2.43. The summed E-state index contributed by atoms with van der Waals surface area (Å²) >= 11 is 0. The Balaban J connectivity index is 1.52. The van der Waals surface area contributed by atoms with Gasteiger partial charge in [-0.1, -0.05) is 36.4 Å². The summed E-state index contributed by atoms with van der Waals surface area (Å²) in [5, 5.41) is 11.4. The van der Waals surface area contributed by atoms with Gasteiger partial charge in [0.25, 0.3) is 0 Å². The third-order valence-corrected chi connectivity index (χ3v) is 6.02. The molecule has 4 rings (SSSR count). The number of benzene rings is 2. The molecule has 31 heavy (non-hydrogen) atoms. The summed E-state index contributed by atoms with van der Waals surface area (Å²) in [6, 6.07) is 11.9. The first-order chi connectivity index (χ1) is 14.7. The molecule has 2 heterocycles. The lowest BCUT2D eigenvalue weighted by atomic mass is 9.75. The van der Waals surface area contributed by atoms with Gasteiger partial charge in [0.15, 0.2) is 0 Å². The van der Waals surface area contributed by atoms with Crippen molar-refractivity contribution in [3.8, 4) is 0 Å². The van der Waals surface area contributed by atoms with Gasteiger partial charge >= 0.3 is 12.3 Å². The number of piperidine rings is 1. The minimum absolute atomic E-state index is 0.138. The Bertz CT molecular complexity index is 934. The van der Waals surface area contributed by atoms with Crippen molar-refractivity contribution in [1.29, 1.82) is 0 Å². The molecule has 5 nitrogen and oxygen atoms in total. The first-order valence-corrected chi connectivity index (χ1v) is 10.1. The fourth-order valence-corrected chi connectivity index (χ4v) is 4.65.